The highest BCUT2D eigenvalue weighted by atomic mass is 19.1. The Morgan fingerprint density at radius 3 is 2.44 bits per heavy atom. The topological polar surface area (TPSA) is 82.1 Å². The standard InChI is InChI=1S/C34H38FN7O/c1-4-41(5-2)34(43)37-26-12-9-23(10-13-26)32-29(22-42(6-3)39-32)27-15-16-36-33-28(27)20-31(38-33)24-11-14-30(35)25(19-24)21-40-17-7-8-18-40/h9-16,19-20,22H,4-8,17-18,21H2,1-3H3,(H,36,38)(H,37,43). The zero-order valence-corrected chi connectivity index (χ0v) is 25.0. The van der Waals surface area contributed by atoms with Crippen LogP contribution in [-0.4, -0.2) is 61.8 Å². The lowest BCUT2D eigenvalue weighted by Crippen LogP contribution is -2.34. The van der Waals surface area contributed by atoms with E-state index in [4.69, 9.17) is 5.10 Å². The number of likely N-dealkylation sites (tertiary alicyclic amines) is 1. The summed E-state index contributed by atoms with van der Waals surface area (Å²) in [7, 11) is 0. The van der Waals surface area contributed by atoms with Crippen LogP contribution in [0.15, 0.2) is 67.0 Å². The maximum atomic E-state index is 14.7. The number of halogens is 1. The van der Waals surface area contributed by atoms with Crippen LogP contribution in [0.25, 0.3) is 44.7 Å². The molecule has 43 heavy (non-hydrogen) atoms. The van der Waals surface area contributed by atoms with Gasteiger partial charge in [-0.2, -0.15) is 5.10 Å². The minimum absolute atomic E-state index is 0.111. The Labute approximate surface area is 251 Å². The van der Waals surface area contributed by atoms with Crippen molar-refractivity contribution < 1.29 is 9.18 Å². The molecule has 2 N–H and O–H groups in total. The van der Waals surface area contributed by atoms with Crippen LogP contribution in [0.5, 0.6) is 0 Å². The summed E-state index contributed by atoms with van der Waals surface area (Å²) < 4.78 is 16.7. The van der Waals surface area contributed by atoms with Crippen LogP contribution in [0, 0.1) is 5.82 Å². The summed E-state index contributed by atoms with van der Waals surface area (Å²) in [5.41, 5.74) is 7.87. The predicted molar refractivity (Wildman–Crippen MR) is 170 cm³/mol. The Morgan fingerprint density at radius 2 is 1.72 bits per heavy atom. The monoisotopic (exact) mass is 579 g/mol. The molecule has 0 unspecified atom stereocenters. The maximum Gasteiger partial charge on any atom is 0.321 e. The number of carbonyl (C=O) groups is 1. The van der Waals surface area contributed by atoms with Gasteiger partial charge in [0.2, 0.25) is 0 Å². The van der Waals surface area contributed by atoms with Crippen molar-refractivity contribution in [2.45, 2.75) is 46.7 Å². The van der Waals surface area contributed by atoms with E-state index < -0.39 is 0 Å². The van der Waals surface area contributed by atoms with Crippen molar-refractivity contribution in [1.29, 1.82) is 0 Å². The molecular formula is C34H38FN7O. The average Bonchev–Trinajstić information content (AvgIpc) is 3.79. The van der Waals surface area contributed by atoms with Crippen molar-refractivity contribution in [3.8, 4) is 33.6 Å². The van der Waals surface area contributed by atoms with Gasteiger partial charge in [-0.05, 0) is 100 Å². The highest BCUT2D eigenvalue weighted by Crippen LogP contribution is 2.37. The van der Waals surface area contributed by atoms with Gasteiger partial charge in [-0.1, -0.05) is 12.1 Å². The van der Waals surface area contributed by atoms with E-state index >= 15 is 0 Å². The maximum absolute atomic E-state index is 14.7. The number of pyridine rings is 1. The van der Waals surface area contributed by atoms with E-state index in [9.17, 15) is 9.18 Å². The van der Waals surface area contributed by atoms with Crippen LogP contribution >= 0.6 is 0 Å². The number of aromatic amines is 1. The van der Waals surface area contributed by atoms with Gasteiger partial charge in [0, 0.05) is 72.0 Å². The zero-order chi connectivity index (χ0) is 29.9. The Hall–Kier alpha value is -4.50. The van der Waals surface area contributed by atoms with Crippen LogP contribution in [0.2, 0.25) is 0 Å². The van der Waals surface area contributed by atoms with Gasteiger partial charge in [0.25, 0.3) is 0 Å². The first-order chi connectivity index (χ1) is 21.0. The molecule has 1 aliphatic heterocycles. The van der Waals surface area contributed by atoms with Gasteiger partial charge in [-0.15, -0.1) is 0 Å². The van der Waals surface area contributed by atoms with Crippen molar-refractivity contribution in [2.24, 2.45) is 0 Å². The molecule has 1 aliphatic rings. The fourth-order valence-corrected chi connectivity index (χ4v) is 5.88. The fourth-order valence-electron chi connectivity index (χ4n) is 5.88. The minimum atomic E-state index is -0.166. The molecule has 2 aromatic carbocycles. The molecule has 222 valence electrons. The minimum Gasteiger partial charge on any atom is -0.339 e. The van der Waals surface area contributed by atoms with Crippen LogP contribution in [0.4, 0.5) is 14.9 Å². The molecule has 0 saturated carbocycles. The van der Waals surface area contributed by atoms with Crippen molar-refractivity contribution >= 4 is 22.8 Å². The van der Waals surface area contributed by atoms with Crippen LogP contribution < -0.4 is 5.32 Å². The summed E-state index contributed by atoms with van der Waals surface area (Å²) in [6, 6.07) is 17.2. The van der Waals surface area contributed by atoms with Crippen LogP contribution in [0.1, 0.15) is 39.2 Å². The first-order valence-electron chi connectivity index (χ1n) is 15.2. The van der Waals surface area contributed by atoms with E-state index in [0.717, 1.165) is 75.6 Å². The van der Waals surface area contributed by atoms with Crippen molar-refractivity contribution in [1.82, 2.24) is 29.5 Å². The summed E-state index contributed by atoms with van der Waals surface area (Å²) in [6.45, 7) is 10.7. The van der Waals surface area contributed by atoms with E-state index in [0.29, 0.717) is 19.6 Å². The molecule has 1 fully saturated rings. The lowest BCUT2D eigenvalue weighted by molar-refractivity contribution is 0.217. The molecule has 0 spiro atoms. The highest BCUT2D eigenvalue weighted by Gasteiger charge is 2.19. The number of nitrogens with zero attached hydrogens (tertiary/aromatic N) is 5. The number of amides is 2. The highest BCUT2D eigenvalue weighted by molar-refractivity contribution is 5.99. The number of hydrogen-bond acceptors (Lipinski definition) is 4. The number of aryl methyl sites for hydroxylation is 1. The molecule has 3 aromatic heterocycles. The number of hydrogen-bond donors (Lipinski definition) is 2. The average molecular weight is 580 g/mol. The van der Waals surface area contributed by atoms with Crippen LogP contribution in [-0.2, 0) is 13.1 Å². The van der Waals surface area contributed by atoms with Crippen LogP contribution in [0.3, 0.4) is 0 Å². The number of H-pyrrole nitrogens is 1. The van der Waals surface area contributed by atoms with Crippen molar-refractivity contribution in [2.75, 3.05) is 31.5 Å². The largest absolute Gasteiger partial charge is 0.339 e. The molecule has 1 saturated heterocycles. The third-order valence-electron chi connectivity index (χ3n) is 8.32. The summed E-state index contributed by atoms with van der Waals surface area (Å²) in [6.07, 6.45) is 6.22. The fraction of sp³-hybridized carbons (Fsp3) is 0.324. The molecule has 0 radical (unpaired) electrons. The van der Waals surface area contributed by atoms with E-state index in [2.05, 4.69) is 39.4 Å². The molecule has 5 aromatic rings. The Balaban J connectivity index is 1.33. The number of rotatable bonds is 9. The normalized spacial score (nSPS) is 13.6. The predicted octanol–water partition coefficient (Wildman–Crippen LogP) is 7.39. The van der Waals surface area contributed by atoms with Gasteiger partial charge in [0.1, 0.15) is 17.2 Å². The quantitative estimate of drug-likeness (QED) is 0.191. The first kappa shape index (κ1) is 28.6. The third-order valence-corrected chi connectivity index (χ3v) is 8.32. The number of benzene rings is 2. The number of urea groups is 1. The van der Waals surface area contributed by atoms with Gasteiger partial charge >= 0.3 is 6.03 Å². The molecule has 0 bridgehead atoms. The summed E-state index contributed by atoms with van der Waals surface area (Å²) >= 11 is 0. The van der Waals surface area contributed by atoms with Crippen molar-refractivity contribution in [3.63, 3.8) is 0 Å². The number of aromatic nitrogens is 4. The molecule has 0 aliphatic carbocycles. The zero-order valence-electron chi connectivity index (χ0n) is 25.0. The smallest absolute Gasteiger partial charge is 0.321 e. The van der Waals surface area contributed by atoms with E-state index in [1.165, 1.54) is 12.8 Å². The van der Waals surface area contributed by atoms with Crippen molar-refractivity contribution in [3.05, 3.63) is 78.4 Å². The van der Waals surface area contributed by atoms with Gasteiger partial charge in [-0.3, -0.25) is 9.58 Å². The molecule has 2 amide bonds. The second-order valence-electron chi connectivity index (χ2n) is 11.0. The van der Waals surface area contributed by atoms with Gasteiger partial charge in [0.15, 0.2) is 0 Å². The molecular weight excluding hydrogens is 541 g/mol. The lowest BCUT2D eigenvalue weighted by atomic mass is 9.99. The first-order valence-corrected chi connectivity index (χ1v) is 15.2. The molecule has 4 heterocycles. The molecule has 8 nitrogen and oxygen atoms in total. The van der Waals surface area contributed by atoms with Gasteiger partial charge < -0.3 is 15.2 Å². The molecule has 6 rings (SSSR count). The van der Waals surface area contributed by atoms with Gasteiger partial charge in [0.05, 0.1) is 0 Å². The van der Waals surface area contributed by atoms with E-state index in [-0.39, 0.29) is 11.8 Å². The summed E-state index contributed by atoms with van der Waals surface area (Å²) in [5.74, 6) is -0.166. The number of anilines is 1. The lowest BCUT2D eigenvalue weighted by Gasteiger charge is -2.19. The number of fused-ring (bicyclic) bond motifs is 1. The van der Waals surface area contributed by atoms with Gasteiger partial charge in [-0.25, -0.2) is 14.2 Å². The van der Waals surface area contributed by atoms with E-state index in [1.54, 1.807) is 17.2 Å². The SMILES string of the molecule is CCN(CC)C(=O)Nc1ccc(-c2nn(CC)cc2-c2ccnc3[nH]c(-c4ccc(F)c(CN5CCCC5)c4)cc23)cc1. The second kappa shape index (κ2) is 12.4. The molecule has 0 atom stereocenters. The number of carbonyl (C=O) groups excluding carboxylic acids is 1. The second-order valence-corrected chi connectivity index (χ2v) is 11.0. The Bertz CT molecular complexity index is 1730. The Kier molecular flexibility index (Phi) is 8.24. The Morgan fingerprint density at radius 1 is 0.977 bits per heavy atom. The number of nitrogens with one attached hydrogen (secondary N) is 2. The van der Waals surface area contributed by atoms with E-state index in [1.807, 2.05) is 61.0 Å². The molecule has 9 heteroatoms. The summed E-state index contributed by atoms with van der Waals surface area (Å²) in [4.78, 5) is 24.7. The summed E-state index contributed by atoms with van der Waals surface area (Å²) in [5, 5.41) is 8.86. The third kappa shape index (κ3) is 5.90.